The van der Waals surface area contributed by atoms with E-state index in [1.165, 1.54) is 19.3 Å². The van der Waals surface area contributed by atoms with Gasteiger partial charge >= 0.3 is 6.09 Å². The van der Waals surface area contributed by atoms with E-state index in [9.17, 15) is 4.79 Å². The van der Waals surface area contributed by atoms with E-state index in [-0.39, 0.29) is 6.09 Å². The lowest BCUT2D eigenvalue weighted by Crippen LogP contribution is -2.44. The molecule has 5 nitrogen and oxygen atoms in total. The van der Waals surface area contributed by atoms with Gasteiger partial charge in [0, 0.05) is 25.2 Å². The molecule has 0 aromatic heterocycles. The Balaban J connectivity index is 1.66. The van der Waals surface area contributed by atoms with Gasteiger partial charge in [-0.05, 0) is 78.2 Å². The van der Waals surface area contributed by atoms with E-state index in [4.69, 9.17) is 10.5 Å². The number of piperidine rings is 1. The molecule has 2 rings (SSSR count). The molecule has 0 bridgehead atoms. The summed E-state index contributed by atoms with van der Waals surface area (Å²) in [5, 5.41) is 3.68. The predicted octanol–water partition coefficient (Wildman–Crippen LogP) is 2.88. The second kappa shape index (κ2) is 8.34. The zero-order chi connectivity index (χ0) is 16.9. The van der Waals surface area contributed by atoms with Crippen molar-refractivity contribution in [3.8, 4) is 0 Å². The topological polar surface area (TPSA) is 67.6 Å². The van der Waals surface area contributed by atoms with Crippen molar-refractivity contribution in [2.24, 2.45) is 11.7 Å². The number of ether oxygens (including phenoxy) is 1. The summed E-state index contributed by atoms with van der Waals surface area (Å²) in [6.45, 7) is 8.49. The van der Waals surface area contributed by atoms with Gasteiger partial charge in [0.05, 0.1) is 0 Å². The lowest BCUT2D eigenvalue weighted by molar-refractivity contribution is 0.0161. The lowest BCUT2D eigenvalue weighted by Gasteiger charge is -2.34. The number of amides is 1. The summed E-state index contributed by atoms with van der Waals surface area (Å²) in [6.07, 6.45) is 7.99. The predicted molar refractivity (Wildman–Crippen MR) is 93.4 cm³/mol. The van der Waals surface area contributed by atoms with Crippen LogP contribution in [0.25, 0.3) is 0 Å². The summed E-state index contributed by atoms with van der Waals surface area (Å²) in [5.41, 5.74) is 5.54. The van der Waals surface area contributed by atoms with Crippen molar-refractivity contribution in [1.29, 1.82) is 0 Å². The summed E-state index contributed by atoms with van der Waals surface area (Å²) in [5.74, 6) is 0.592. The van der Waals surface area contributed by atoms with Crippen LogP contribution < -0.4 is 11.1 Å². The van der Waals surface area contributed by atoms with Crippen molar-refractivity contribution in [3.05, 3.63) is 0 Å². The van der Waals surface area contributed by atoms with E-state index in [1.54, 1.807) is 0 Å². The molecule has 1 saturated heterocycles. The fourth-order valence-corrected chi connectivity index (χ4v) is 3.61. The third-order valence-electron chi connectivity index (χ3n) is 4.93. The maximum Gasteiger partial charge on any atom is 0.410 e. The molecule has 2 aliphatic rings. The van der Waals surface area contributed by atoms with Gasteiger partial charge in [-0.2, -0.15) is 0 Å². The van der Waals surface area contributed by atoms with Gasteiger partial charge in [-0.1, -0.05) is 0 Å². The number of rotatable bonds is 4. The third kappa shape index (κ3) is 6.68. The van der Waals surface area contributed by atoms with Crippen molar-refractivity contribution >= 4 is 6.09 Å². The number of hydrogen-bond donors (Lipinski definition) is 2. The maximum absolute atomic E-state index is 12.2. The molecular weight excluding hydrogens is 290 g/mol. The van der Waals surface area contributed by atoms with Crippen LogP contribution in [-0.4, -0.2) is 48.3 Å². The average Bonchev–Trinajstić information content (AvgIpc) is 2.48. The van der Waals surface area contributed by atoms with Gasteiger partial charge in [0.25, 0.3) is 0 Å². The van der Waals surface area contributed by atoms with Crippen LogP contribution in [0.4, 0.5) is 4.79 Å². The van der Waals surface area contributed by atoms with E-state index >= 15 is 0 Å². The Bertz CT molecular complexity index is 373. The molecule has 1 heterocycles. The van der Waals surface area contributed by atoms with Crippen LogP contribution >= 0.6 is 0 Å². The average molecular weight is 325 g/mol. The molecule has 1 amide bonds. The third-order valence-corrected chi connectivity index (χ3v) is 4.93. The Labute approximate surface area is 141 Å². The number of nitrogens with two attached hydrogens (primary N) is 1. The molecule has 1 aliphatic carbocycles. The van der Waals surface area contributed by atoms with E-state index in [0.29, 0.717) is 18.0 Å². The Morgan fingerprint density at radius 2 is 1.91 bits per heavy atom. The number of carbonyl (C=O) groups is 1. The second-order valence-corrected chi connectivity index (χ2v) is 8.29. The highest BCUT2D eigenvalue weighted by Gasteiger charge is 2.27. The molecule has 134 valence electrons. The van der Waals surface area contributed by atoms with Gasteiger partial charge < -0.3 is 20.7 Å². The molecule has 2 fully saturated rings. The summed E-state index contributed by atoms with van der Waals surface area (Å²) in [4.78, 5) is 14.1. The lowest BCUT2D eigenvalue weighted by atomic mass is 9.91. The molecule has 1 saturated carbocycles. The standard InChI is InChI=1S/C18H35N3O2/c1-18(2,3)23-17(22)21-12-4-5-14(13-21)10-11-20-16-8-6-15(19)7-9-16/h14-16,20H,4-13,19H2,1-3H3. The van der Waals surface area contributed by atoms with Gasteiger partial charge in [0.2, 0.25) is 0 Å². The monoisotopic (exact) mass is 325 g/mol. The molecule has 0 aromatic carbocycles. The SMILES string of the molecule is CC(C)(C)OC(=O)N1CCCC(CCNC2CCC(N)CC2)C1. The first-order chi connectivity index (χ1) is 10.8. The van der Waals surface area contributed by atoms with E-state index in [0.717, 1.165) is 45.3 Å². The first-order valence-electron chi connectivity index (χ1n) is 9.30. The molecule has 0 aromatic rings. The Kier molecular flexibility index (Phi) is 6.72. The van der Waals surface area contributed by atoms with Crippen LogP contribution in [0, 0.1) is 5.92 Å². The highest BCUT2D eigenvalue weighted by atomic mass is 16.6. The minimum Gasteiger partial charge on any atom is -0.444 e. The quantitative estimate of drug-likeness (QED) is 0.834. The Morgan fingerprint density at radius 1 is 1.22 bits per heavy atom. The molecule has 23 heavy (non-hydrogen) atoms. The van der Waals surface area contributed by atoms with Crippen LogP contribution in [0.2, 0.25) is 0 Å². The fraction of sp³-hybridized carbons (Fsp3) is 0.944. The Hall–Kier alpha value is -0.810. The van der Waals surface area contributed by atoms with Crippen LogP contribution in [0.5, 0.6) is 0 Å². The highest BCUT2D eigenvalue weighted by molar-refractivity contribution is 5.68. The van der Waals surface area contributed by atoms with E-state index < -0.39 is 5.60 Å². The summed E-state index contributed by atoms with van der Waals surface area (Å²) in [7, 11) is 0. The first kappa shape index (κ1) is 18.5. The maximum atomic E-state index is 12.2. The van der Waals surface area contributed by atoms with Gasteiger partial charge in [0.1, 0.15) is 5.60 Å². The van der Waals surface area contributed by atoms with Gasteiger partial charge in [0.15, 0.2) is 0 Å². The molecule has 0 spiro atoms. The van der Waals surface area contributed by atoms with Gasteiger partial charge in [-0.15, -0.1) is 0 Å². The summed E-state index contributed by atoms with van der Waals surface area (Å²) < 4.78 is 5.49. The molecular formula is C18H35N3O2. The van der Waals surface area contributed by atoms with Crippen molar-refractivity contribution in [2.45, 2.75) is 83.4 Å². The van der Waals surface area contributed by atoms with Crippen molar-refractivity contribution < 1.29 is 9.53 Å². The highest BCUT2D eigenvalue weighted by Crippen LogP contribution is 2.22. The van der Waals surface area contributed by atoms with Crippen molar-refractivity contribution in [3.63, 3.8) is 0 Å². The smallest absolute Gasteiger partial charge is 0.410 e. The number of likely N-dealkylation sites (tertiary alicyclic amines) is 1. The van der Waals surface area contributed by atoms with E-state index in [2.05, 4.69) is 5.32 Å². The zero-order valence-corrected chi connectivity index (χ0v) is 15.1. The largest absolute Gasteiger partial charge is 0.444 e. The summed E-state index contributed by atoms with van der Waals surface area (Å²) >= 11 is 0. The fourth-order valence-electron chi connectivity index (χ4n) is 3.61. The zero-order valence-electron chi connectivity index (χ0n) is 15.1. The normalized spacial score (nSPS) is 29.4. The van der Waals surface area contributed by atoms with Crippen LogP contribution in [-0.2, 0) is 4.74 Å². The number of hydrogen-bond acceptors (Lipinski definition) is 4. The molecule has 5 heteroatoms. The molecule has 1 unspecified atom stereocenters. The Morgan fingerprint density at radius 3 is 2.57 bits per heavy atom. The van der Waals surface area contributed by atoms with Crippen molar-refractivity contribution in [2.75, 3.05) is 19.6 Å². The second-order valence-electron chi connectivity index (χ2n) is 8.29. The molecule has 1 aliphatic heterocycles. The van der Waals surface area contributed by atoms with E-state index in [1.807, 2.05) is 25.7 Å². The molecule has 3 N–H and O–H groups in total. The molecule has 1 atom stereocenters. The van der Waals surface area contributed by atoms with Crippen LogP contribution in [0.15, 0.2) is 0 Å². The number of nitrogens with zero attached hydrogens (tertiary/aromatic N) is 1. The summed E-state index contributed by atoms with van der Waals surface area (Å²) in [6, 6.07) is 1.05. The number of carbonyl (C=O) groups excluding carboxylic acids is 1. The minimum absolute atomic E-state index is 0.156. The first-order valence-corrected chi connectivity index (χ1v) is 9.30. The van der Waals surface area contributed by atoms with Crippen LogP contribution in [0.1, 0.15) is 65.7 Å². The van der Waals surface area contributed by atoms with Crippen LogP contribution in [0.3, 0.4) is 0 Å². The van der Waals surface area contributed by atoms with Crippen molar-refractivity contribution in [1.82, 2.24) is 10.2 Å². The van der Waals surface area contributed by atoms with Gasteiger partial charge in [-0.25, -0.2) is 4.79 Å². The van der Waals surface area contributed by atoms with Gasteiger partial charge in [-0.3, -0.25) is 0 Å². The minimum atomic E-state index is -0.409. The molecule has 0 radical (unpaired) electrons. The number of nitrogens with one attached hydrogen (secondary N) is 1.